The van der Waals surface area contributed by atoms with Gasteiger partial charge in [-0.2, -0.15) is 0 Å². The molecule has 0 unspecified atom stereocenters. The average molecular weight is 484 g/mol. The fourth-order valence-corrected chi connectivity index (χ4v) is 3.74. The maximum absolute atomic E-state index is 14.8. The lowest BCUT2D eigenvalue weighted by Gasteiger charge is -2.28. The van der Waals surface area contributed by atoms with E-state index in [1.165, 1.54) is 16.8 Å². The summed E-state index contributed by atoms with van der Waals surface area (Å²) < 4.78 is 21.4. The summed E-state index contributed by atoms with van der Waals surface area (Å²) in [6.45, 7) is 4.48. The fraction of sp³-hybridized carbons (Fsp3) is 0.391. The number of ether oxygens (including phenoxy) is 1. The lowest BCUT2D eigenvalue weighted by atomic mass is 9.97. The van der Waals surface area contributed by atoms with Crippen LogP contribution in [-0.2, 0) is 17.7 Å². The van der Waals surface area contributed by atoms with E-state index in [0.29, 0.717) is 36.7 Å². The number of carbonyl (C=O) groups excluding carboxylic acids is 2. The number of rotatable bonds is 7. The zero-order valence-electron chi connectivity index (χ0n) is 19.4. The second-order valence-electron chi connectivity index (χ2n) is 8.23. The summed E-state index contributed by atoms with van der Waals surface area (Å²) in [4.78, 5) is 31.1. The third kappa shape index (κ3) is 5.27. The molecular formula is C23H26FN7O4. The summed E-state index contributed by atoms with van der Waals surface area (Å²) >= 11 is 0. The van der Waals surface area contributed by atoms with E-state index in [-0.39, 0.29) is 30.6 Å². The molecule has 0 spiro atoms. The second-order valence-corrected chi connectivity index (χ2v) is 8.23. The Kier molecular flexibility index (Phi) is 7.30. The zero-order valence-corrected chi connectivity index (χ0v) is 19.4. The van der Waals surface area contributed by atoms with Crippen molar-refractivity contribution < 1.29 is 23.8 Å². The van der Waals surface area contributed by atoms with Gasteiger partial charge in [-0.15, -0.1) is 5.10 Å². The number of anilines is 1. The summed E-state index contributed by atoms with van der Waals surface area (Å²) in [5.74, 6) is -0.831. The van der Waals surface area contributed by atoms with Crippen molar-refractivity contribution in [2.24, 2.45) is 0 Å². The Bertz CT molecular complexity index is 1230. The molecule has 1 atom stereocenters. The van der Waals surface area contributed by atoms with Crippen molar-refractivity contribution in [3.05, 3.63) is 52.8 Å². The van der Waals surface area contributed by atoms with Crippen LogP contribution in [0.1, 0.15) is 47.8 Å². The van der Waals surface area contributed by atoms with Crippen molar-refractivity contribution in [1.29, 1.82) is 0 Å². The van der Waals surface area contributed by atoms with E-state index in [4.69, 9.17) is 4.74 Å². The maximum Gasteiger partial charge on any atom is 0.410 e. The smallest absolute Gasteiger partial charge is 0.410 e. The van der Waals surface area contributed by atoms with Crippen LogP contribution in [0, 0.1) is 5.82 Å². The summed E-state index contributed by atoms with van der Waals surface area (Å²) in [5.41, 5.74) is 1.66. The highest BCUT2D eigenvalue weighted by atomic mass is 19.1. The van der Waals surface area contributed by atoms with Gasteiger partial charge in [0.25, 0.3) is 5.91 Å². The second kappa shape index (κ2) is 10.6. The first-order chi connectivity index (χ1) is 16.9. The van der Waals surface area contributed by atoms with Gasteiger partial charge < -0.3 is 20.1 Å². The SMILES string of the molecule is CCCOC(=O)N1CCc2cc(F)c(C(=O)Nc3cccc(-c4nnnn4[C@H](C)CO)n3)cc2C1. The van der Waals surface area contributed by atoms with Crippen molar-refractivity contribution in [3.63, 3.8) is 0 Å². The van der Waals surface area contributed by atoms with Gasteiger partial charge in [-0.3, -0.25) is 4.79 Å². The Hall–Kier alpha value is -3.93. The number of amides is 2. The van der Waals surface area contributed by atoms with E-state index in [0.717, 1.165) is 12.0 Å². The number of hydrogen-bond donors (Lipinski definition) is 2. The molecule has 35 heavy (non-hydrogen) atoms. The van der Waals surface area contributed by atoms with Gasteiger partial charge in [0.2, 0.25) is 5.82 Å². The van der Waals surface area contributed by atoms with Crippen LogP contribution in [0.2, 0.25) is 0 Å². The van der Waals surface area contributed by atoms with Crippen molar-refractivity contribution >= 4 is 17.8 Å². The molecule has 4 rings (SSSR count). The fourth-order valence-electron chi connectivity index (χ4n) is 3.74. The Labute approximate surface area is 200 Å². The van der Waals surface area contributed by atoms with E-state index in [2.05, 4.69) is 25.8 Å². The van der Waals surface area contributed by atoms with Gasteiger partial charge >= 0.3 is 6.09 Å². The standard InChI is InChI=1S/C23H26FN7O4/c1-3-9-35-23(34)30-8-7-15-11-18(24)17(10-16(15)12-30)22(33)26-20-6-4-5-19(25-20)21-27-28-29-31(21)14(2)13-32/h4-6,10-11,14,32H,3,7-9,12-13H2,1-2H3,(H,25,26,33)/t14-/m1/s1. The molecule has 3 aromatic rings. The quantitative estimate of drug-likeness (QED) is 0.524. The van der Waals surface area contributed by atoms with Gasteiger partial charge in [-0.05, 0) is 65.6 Å². The minimum atomic E-state index is -0.677. The van der Waals surface area contributed by atoms with E-state index >= 15 is 0 Å². The third-order valence-electron chi connectivity index (χ3n) is 5.63. The van der Waals surface area contributed by atoms with Crippen LogP contribution in [0.4, 0.5) is 15.0 Å². The van der Waals surface area contributed by atoms with Crippen LogP contribution >= 0.6 is 0 Å². The summed E-state index contributed by atoms with van der Waals surface area (Å²) in [5, 5.41) is 23.5. The summed E-state index contributed by atoms with van der Waals surface area (Å²) in [6.07, 6.45) is 0.766. The van der Waals surface area contributed by atoms with Gasteiger partial charge in [0, 0.05) is 13.1 Å². The number of pyridine rings is 1. The van der Waals surface area contributed by atoms with Crippen LogP contribution in [0.5, 0.6) is 0 Å². The number of halogens is 1. The van der Waals surface area contributed by atoms with Crippen LogP contribution in [-0.4, -0.2) is 67.0 Å². The van der Waals surface area contributed by atoms with Crippen molar-refractivity contribution in [2.75, 3.05) is 25.1 Å². The first-order valence-corrected chi connectivity index (χ1v) is 11.3. The Morgan fingerprint density at radius 1 is 1.29 bits per heavy atom. The summed E-state index contributed by atoms with van der Waals surface area (Å²) in [6, 6.07) is 7.31. The summed E-state index contributed by atoms with van der Waals surface area (Å²) in [7, 11) is 0. The number of aromatic nitrogens is 5. The molecule has 11 nitrogen and oxygen atoms in total. The van der Waals surface area contributed by atoms with Crippen LogP contribution < -0.4 is 5.32 Å². The predicted octanol–water partition coefficient (Wildman–Crippen LogP) is 2.58. The number of benzene rings is 1. The molecule has 1 aliphatic rings. The molecule has 12 heteroatoms. The third-order valence-corrected chi connectivity index (χ3v) is 5.63. The first kappa shape index (κ1) is 24.2. The lowest BCUT2D eigenvalue weighted by molar-refractivity contribution is 0.0978. The molecule has 0 saturated heterocycles. The molecule has 0 saturated carbocycles. The molecule has 0 aliphatic carbocycles. The molecule has 1 aliphatic heterocycles. The lowest BCUT2D eigenvalue weighted by Crippen LogP contribution is -2.36. The number of tetrazole rings is 1. The minimum absolute atomic E-state index is 0.154. The van der Waals surface area contributed by atoms with Crippen molar-refractivity contribution in [1.82, 2.24) is 30.1 Å². The number of aliphatic hydroxyl groups is 1. The van der Waals surface area contributed by atoms with Gasteiger partial charge in [-0.25, -0.2) is 18.9 Å². The molecular weight excluding hydrogens is 457 g/mol. The van der Waals surface area contributed by atoms with Crippen LogP contribution in [0.25, 0.3) is 11.5 Å². The van der Waals surface area contributed by atoms with Crippen LogP contribution in [0.15, 0.2) is 30.3 Å². The number of nitrogens with one attached hydrogen (secondary N) is 1. The molecule has 0 radical (unpaired) electrons. The van der Waals surface area contributed by atoms with Crippen molar-refractivity contribution in [3.8, 4) is 11.5 Å². The molecule has 0 bridgehead atoms. The average Bonchev–Trinajstić information content (AvgIpc) is 3.36. The normalized spacial score (nSPS) is 13.8. The zero-order chi connectivity index (χ0) is 24.9. The first-order valence-electron chi connectivity index (χ1n) is 11.3. The molecule has 2 aromatic heterocycles. The molecule has 1 aromatic carbocycles. The molecule has 3 heterocycles. The number of aliphatic hydroxyl groups excluding tert-OH is 1. The molecule has 0 fully saturated rings. The minimum Gasteiger partial charge on any atom is -0.449 e. The Morgan fingerprint density at radius 3 is 2.89 bits per heavy atom. The van der Waals surface area contributed by atoms with E-state index in [9.17, 15) is 19.1 Å². The van der Waals surface area contributed by atoms with Gasteiger partial charge in [0.15, 0.2) is 0 Å². The monoisotopic (exact) mass is 483 g/mol. The van der Waals surface area contributed by atoms with Gasteiger partial charge in [0.05, 0.1) is 24.8 Å². The van der Waals surface area contributed by atoms with Gasteiger partial charge in [0.1, 0.15) is 17.3 Å². The Balaban J connectivity index is 1.53. The highest BCUT2D eigenvalue weighted by Gasteiger charge is 2.25. The van der Waals surface area contributed by atoms with E-state index in [1.807, 2.05) is 6.92 Å². The van der Waals surface area contributed by atoms with Gasteiger partial charge in [-0.1, -0.05) is 13.0 Å². The maximum atomic E-state index is 14.8. The molecule has 2 amide bonds. The predicted molar refractivity (Wildman–Crippen MR) is 123 cm³/mol. The molecule has 184 valence electrons. The largest absolute Gasteiger partial charge is 0.449 e. The Morgan fingerprint density at radius 2 is 2.11 bits per heavy atom. The van der Waals surface area contributed by atoms with E-state index < -0.39 is 17.8 Å². The topological polar surface area (TPSA) is 135 Å². The van der Waals surface area contributed by atoms with Crippen molar-refractivity contribution in [2.45, 2.75) is 39.3 Å². The highest BCUT2D eigenvalue weighted by Crippen LogP contribution is 2.25. The molecule has 2 N–H and O–H groups in total. The van der Waals surface area contributed by atoms with Crippen LogP contribution in [0.3, 0.4) is 0 Å². The van der Waals surface area contributed by atoms with E-state index in [1.54, 1.807) is 30.0 Å². The number of fused-ring (bicyclic) bond motifs is 1. The highest BCUT2D eigenvalue weighted by molar-refractivity contribution is 6.04. The number of carbonyl (C=O) groups is 2. The number of hydrogen-bond acceptors (Lipinski definition) is 8. The number of nitrogens with zero attached hydrogens (tertiary/aromatic N) is 6.